The number of hydrogen-bond donors (Lipinski definition) is 3. The molecule has 5 nitrogen and oxygen atoms in total. The van der Waals surface area contributed by atoms with Crippen LogP contribution in [-0.2, 0) is 22.7 Å². The van der Waals surface area contributed by atoms with E-state index in [4.69, 9.17) is 9.84 Å². The summed E-state index contributed by atoms with van der Waals surface area (Å²) in [6.07, 6.45) is -0.393. The van der Waals surface area contributed by atoms with Gasteiger partial charge in [-0.1, -0.05) is 24.3 Å². The summed E-state index contributed by atoms with van der Waals surface area (Å²) in [5.41, 5.74) is 1.87. The number of aliphatic hydroxyl groups is 1. The molecule has 1 amide bonds. The van der Waals surface area contributed by atoms with Crippen LogP contribution in [-0.4, -0.2) is 36.8 Å². The van der Waals surface area contributed by atoms with Crippen molar-refractivity contribution >= 4 is 5.91 Å². The van der Waals surface area contributed by atoms with E-state index in [2.05, 4.69) is 10.6 Å². The molecule has 0 aliphatic carbocycles. The van der Waals surface area contributed by atoms with Crippen LogP contribution in [0, 0.1) is 0 Å². The highest BCUT2D eigenvalue weighted by Gasteiger charge is 2.20. The van der Waals surface area contributed by atoms with E-state index in [1.807, 2.05) is 24.3 Å². The van der Waals surface area contributed by atoms with E-state index in [1.165, 1.54) is 0 Å². The Morgan fingerprint density at radius 1 is 1.39 bits per heavy atom. The zero-order chi connectivity index (χ0) is 12.8. The highest BCUT2D eigenvalue weighted by Crippen LogP contribution is 2.04. The molecule has 1 aliphatic heterocycles. The molecule has 3 N–H and O–H groups in total. The zero-order valence-electron chi connectivity index (χ0n) is 10.2. The second-order valence-electron chi connectivity index (χ2n) is 4.26. The van der Waals surface area contributed by atoms with E-state index < -0.39 is 6.10 Å². The van der Waals surface area contributed by atoms with Crippen LogP contribution in [0.15, 0.2) is 24.3 Å². The van der Waals surface area contributed by atoms with Crippen LogP contribution in [0.2, 0.25) is 0 Å². The Bertz CT molecular complexity index is 386. The van der Waals surface area contributed by atoms with Crippen LogP contribution in [0.25, 0.3) is 0 Å². The van der Waals surface area contributed by atoms with Crippen LogP contribution in [0.5, 0.6) is 0 Å². The summed E-state index contributed by atoms with van der Waals surface area (Å²) in [4.78, 5) is 11.8. The van der Waals surface area contributed by atoms with Crippen molar-refractivity contribution in [2.45, 2.75) is 19.3 Å². The predicted molar refractivity (Wildman–Crippen MR) is 66.8 cm³/mol. The number of hydrogen-bond acceptors (Lipinski definition) is 4. The molecule has 1 heterocycles. The largest absolute Gasteiger partial charge is 0.392 e. The normalized spacial score (nSPS) is 19.5. The number of aliphatic hydroxyl groups excluding tert-OH is 1. The SMILES string of the molecule is O=C(NCc1ccc(CO)cc1)C1CNCCO1. The van der Waals surface area contributed by atoms with Gasteiger partial charge in [-0.2, -0.15) is 0 Å². The molecule has 0 aromatic heterocycles. The maximum Gasteiger partial charge on any atom is 0.250 e. The van der Waals surface area contributed by atoms with Crippen molar-refractivity contribution in [3.05, 3.63) is 35.4 Å². The quantitative estimate of drug-likeness (QED) is 0.691. The summed E-state index contributed by atoms with van der Waals surface area (Å²) in [5.74, 6) is -0.0894. The fourth-order valence-electron chi connectivity index (χ4n) is 1.80. The second kappa shape index (κ2) is 6.49. The highest BCUT2D eigenvalue weighted by molar-refractivity contribution is 5.81. The Balaban J connectivity index is 1.80. The van der Waals surface area contributed by atoms with E-state index in [0.29, 0.717) is 19.7 Å². The number of rotatable bonds is 4. The first-order valence-electron chi connectivity index (χ1n) is 6.08. The van der Waals surface area contributed by atoms with Gasteiger partial charge in [0.2, 0.25) is 0 Å². The molecule has 5 heteroatoms. The number of morpholine rings is 1. The predicted octanol–water partition coefficient (Wildman–Crippen LogP) is -0.217. The lowest BCUT2D eigenvalue weighted by atomic mass is 10.1. The Morgan fingerprint density at radius 2 is 2.11 bits per heavy atom. The molecule has 1 aliphatic rings. The molecule has 1 atom stereocenters. The van der Waals surface area contributed by atoms with E-state index in [0.717, 1.165) is 17.7 Å². The van der Waals surface area contributed by atoms with Crippen LogP contribution >= 0.6 is 0 Å². The van der Waals surface area contributed by atoms with Gasteiger partial charge in [0.25, 0.3) is 5.91 Å². The van der Waals surface area contributed by atoms with Gasteiger partial charge >= 0.3 is 0 Å². The van der Waals surface area contributed by atoms with Crippen molar-refractivity contribution in [2.75, 3.05) is 19.7 Å². The van der Waals surface area contributed by atoms with E-state index in [9.17, 15) is 4.79 Å². The summed E-state index contributed by atoms with van der Waals surface area (Å²) in [7, 11) is 0. The average molecular weight is 250 g/mol. The summed E-state index contributed by atoms with van der Waals surface area (Å²) in [6.45, 7) is 2.45. The number of nitrogens with one attached hydrogen (secondary N) is 2. The van der Waals surface area contributed by atoms with E-state index in [1.54, 1.807) is 0 Å². The topological polar surface area (TPSA) is 70.6 Å². The Labute approximate surface area is 106 Å². The van der Waals surface area contributed by atoms with Crippen molar-refractivity contribution < 1.29 is 14.6 Å². The third-order valence-corrected chi connectivity index (χ3v) is 2.89. The lowest BCUT2D eigenvalue weighted by Crippen LogP contribution is -2.47. The number of ether oxygens (including phenoxy) is 1. The van der Waals surface area contributed by atoms with Gasteiger partial charge in [-0.05, 0) is 11.1 Å². The summed E-state index contributed by atoms with van der Waals surface area (Å²) in [6, 6.07) is 7.48. The fourth-order valence-corrected chi connectivity index (χ4v) is 1.80. The molecule has 1 aromatic rings. The van der Waals surface area contributed by atoms with Crippen molar-refractivity contribution in [3.63, 3.8) is 0 Å². The lowest BCUT2D eigenvalue weighted by molar-refractivity contribution is -0.134. The number of carbonyl (C=O) groups is 1. The molecule has 0 saturated carbocycles. The van der Waals surface area contributed by atoms with E-state index in [-0.39, 0.29) is 12.5 Å². The third kappa shape index (κ3) is 3.53. The van der Waals surface area contributed by atoms with Crippen LogP contribution in [0.1, 0.15) is 11.1 Å². The van der Waals surface area contributed by atoms with Gasteiger partial charge in [-0.25, -0.2) is 0 Å². The zero-order valence-corrected chi connectivity index (χ0v) is 10.2. The summed E-state index contributed by atoms with van der Waals surface area (Å²) in [5, 5.41) is 14.9. The van der Waals surface area contributed by atoms with E-state index >= 15 is 0 Å². The van der Waals surface area contributed by atoms with Gasteiger partial charge in [0.1, 0.15) is 6.10 Å². The van der Waals surface area contributed by atoms with Crippen LogP contribution < -0.4 is 10.6 Å². The summed E-state index contributed by atoms with van der Waals surface area (Å²) < 4.78 is 5.36. The molecule has 0 bridgehead atoms. The van der Waals surface area contributed by atoms with Gasteiger partial charge in [0, 0.05) is 19.6 Å². The lowest BCUT2D eigenvalue weighted by Gasteiger charge is -2.22. The minimum Gasteiger partial charge on any atom is -0.392 e. The molecule has 0 spiro atoms. The average Bonchev–Trinajstić information content (AvgIpc) is 2.46. The Hall–Kier alpha value is -1.43. The second-order valence-corrected chi connectivity index (χ2v) is 4.26. The maximum atomic E-state index is 11.8. The van der Waals surface area contributed by atoms with Crippen LogP contribution in [0.3, 0.4) is 0 Å². The number of carbonyl (C=O) groups excluding carboxylic acids is 1. The minimum atomic E-state index is -0.393. The van der Waals surface area contributed by atoms with Gasteiger partial charge in [0.15, 0.2) is 0 Å². The first-order chi connectivity index (χ1) is 8.79. The molecular formula is C13H18N2O3. The fraction of sp³-hybridized carbons (Fsp3) is 0.462. The number of benzene rings is 1. The standard InChI is InChI=1S/C13H18N2O3/c16-9-11-3-1-10(2-4-11)7-15-13(17)12-8-14-5-6-18-12/h1-4,12,14,16H,5-9H2,(H,15,17). The molecule has 0 radical (unpaired) electrons. The third-order valence-electron chi connectivity index (χ3n) is 2.89. The molecule has 98 valence electrons. The highest BCUT2D eigenvalue weighted by atomic mass is 16.5. The van der Waals surface area contributed by atoms with Crippen molar-refractivity contribution in [1.82, 2.24) is 10.6 Å². The molecule has 18 heavy (non-hydrogen) atoms. The van der Waals surface area contributed by atoms with Gasteiger partial charge in [0.05, 0.1) is 13.2 Å². The van der Waals surface area contributed by atoms with Gasteiger partial charge in [-0.3, -0.25) is 4.79 Å². The first kappa shape index (κ1) is 13.0. The molecule has 1 aromatic carbocycles. The van der Waals surface area contributed by atoms with Crippen molar-refractivity contribution in [2.24, 2.45) is 0 Å². The van der Waals surface area contributed by atoms with Crippen molar-refractivity contribution in [3.8, 4) is 0 Å². The molecule has 2 rings (SSSR count). The Kier molecular flexibility index (Phi) is 4.69. The first-order valence-corrected chi connectivity index (χ1v) is 6.08. The number of amides is 1. The maximum absolute atomic E-state index is 11.8. The molecule has 1 unspecified atom stereocenters. The molecular weight excluding hydrogens is 232 g/mol. The smallest absolute Gasteiger partial charge is 0.250 e. The van der Waals surface area contributed by atoms with Gasteiger partial charge in [-0.15, -0.1) is 0 Å². The monoisotopic (exact) mass is 250 g/mol. The van der Waals surface area contributed by atoms with Gasteiger partial charge < -0.3 is 20.5 Å². The molecule has 1 fully saturated rings. The Morgan fingerprint density at radius 3 is 2.72 bits per heavy atom. The van der Waals surface area contributed by atoms with Crippen LogP contribution in [0.4, 0.5) is 0 Å². The summed E-state index contributed by atoms with van der Waals surface area (Å²) >= 11 is 0. The molecule has 1 saturated heterocycles. The van der Waals surface area contributed by atoms with Crippen molar-refractivity contribution in [1.29, 1.82) is 0 Å². The minimum absolute atomic E-state index is 0.0359.